The van der Waals surface area contributed by atoms with Gasteiger partial charge >= 0.3 is 0 Å². The highest BCUT2D eigenvalue weighted by molar-refractivity contribution is 6.02. The van der Waals surface area contributed by atoms with Gasteiger partial charge in [0.1, 0.15) is 5.69 Å². The summed E-state index contributed by atoms with van der Waals surface area (Å²) in [5, 5.41) is 2.89. The van der Waals surface area contributed by atoms with E-state index in [1.807, 2.05) is 37.3 Å². The van der Waals surface area contributed by atoms with Gasteiger partial charge in [0, 0.05) is 43.8 Å². The third-order valence-corrected chi connectivity index (χ3v) is 4.87. The lowest BCUT2D eigenvalue weighted by Crippen LogP contribution is -2.47. The van der Waals surface area contributed by atoms with Crippen molar-refractivity contribution >= 4 is 23.2 Å². The molecule has 3 aromatic rings. The predicted octanol–water partition coefficient (Wildman–Crippen LogP) is 3.36. The van der Waals surface area contributed by atoms with E-state index in [0.29, 0.717) is 11.6 Å². The van der Waals surface area contributed by atoms with Gasteiger partial charge < -0.3 is 15.1 Å². The van der Waals surface area contributed by atoms with E-state index in [4.69, 9.17) is 0 Å². The molecule has 0 saturated carbocycles. The number of benzene rings is 2. The zero-order valence-electron chi connectivity index (χ0n) is 15.9. The van der Waals surface area contributed by atoms with Crippen LogP contribution >= 0.6 is 0 Å². The molecule has 142 valence electrons. The van der Waals surface area contributed by atoms with E-state index in [1.54, 1.807) is 12.3 Å². The fourth-order valence-corrected chi connectivity index (χ4v) is 3.26. The molecule has 2 heterocycles. The number of nitrogens with one attached hydrogen (secondary N) is 1. The molecule has 0 unspecified atom stereocenters. The molecule has 6 heteroatoms. The highest BCUT2D eigenvalue weighted by Crippen LogP contribution is 2.18. The Bertz CT molecular complexity index is 935. The number of anilines is 3. The van der Waals surface area contributed by atoms with Crippen molar-refractivity contribution in [1.29, 1.82) is 0 Å². The fourth-order valence-electron chi connectivity index (χ4n) is 3.26. The van der Waals surface area contributed by atoms with E-state index in [1.165, 1.54) is 5.69 Å². The molecule has 1 N–H and O–H groups in total. The topological polar surface area (TPSA) is 61.4 Å². The largest absolute Gasteiger partial charge is 0.368 e. The van der Waals surface area contributed by atoms with Crippen LogP contribution in [0.4, 0.5) is 17.3 Å². The summed E-state index contributed by atoms with van der Waals surface area (Å²) >= 11 is 0. The fraction of sp³-hybridized carbons (Fsp3) is 0.227. The van der Waals surface area contributed by atoms with E-state index >= 15 is 0 Å². The lowest BCUT2D eigenvalue weighted by atomic mass is 10.2. The number of aryl methyl sites for hydroxylation is 1. The molecule has 0 aliphatic carbocycles. The minimum atomic E-state index is -0.226. The molecule has 1 aliphatic rings. The number of aromatic nitrogens is 2. The molecule has 6 nitrogen and oxygen atoms in total. The van der Waals surface area contributed by atoms with Crippen molar-refractivity contribution in [3.8, 4) is 0 Å². The number of nitrogens with zero attached hydrogens (tertiary/aromatic N) is 4. The van der Waals surface area contributed by atoms with Crippen LogP contribution in [-0.4, -0.2) is 42.1 Å². The molecule has 1 amide bonds. The van der Waals surface area contributed by atoms with Gasteiger partial charge in [-0.25, -0.2) is 9.97 Å². The molecule has 1 aromatic heterocycles. The van der Waals surface area contributed by atoms with Crippen LogP contribution in [0.2, 0.25) is 0 Å². The first-order valence-electron chi connectivity index (χ1n) is 9.45. The number of hydrogen-bond donors (Lipinski definition) is 1. The first-order chi connectivity index (χ1) is 13.7. The van der Waals surface area contributed by atoms with Gasteiger partial charge in [-0.2, -0.15) is 0 Å². The average Bonchev–Trinajstić information content (AvgIpc) is 2.76. The Hall–Kier alpha value is -3.41. The van der Waals surface area contributed by atoms with Gasteiger partial charge in [0.15, 0.2) is 0 Å². The first kappa shape index (κ1) is 18.0. The SMILES string of the molecule is Cc1ccc(NC(=O)c2ccnc(N3CCN(c4ccccc4)CC3)n2)cc1. The van der Waals surface area contributed by atoms with Crippen LogP contribution in [0.3, 0.4) is 0 Å². The second-order valence-electron chi connectivity index (χ2n) is 6.87. The zero-order chi connectivity index (χ0) is 19.3. The molecule has 1 saturated heterocycles. The lowest BCUT2D eigenvalue weighted by molar-refractivity contribution is 0.102. The summed E-state index contributed by atoms with van der Waals surface area (Å²) in [4.78, 5) is 25.9. The average molecular weight is 373 g/mol. The smallest absolute Gasteiger partial charge is 0.274 e. The van der Waals surface area contributed by atoms with Gasteiger partial charge in [0.25, 0.3) is 5.91 Å². The van der Waals surface area contributed by atoms with Crippen LogP contribution in [0, 0.1) is 6.92 Å². The number of para-hydroxylation sites is 1. The van der Waals surface area contributed by atoms with Crippen LogP contribution < -0.4 is 15.1 Å². The van der Waals surface area contributed by atoms with E-state index in [2.05, 4.69) is 49.4 Å². The summed E-state index contributed by atoms with van der Waals surface area (Å²) in [5.74, 6) is 0.375. The molecule has 2 aromatic carbocycles. The van der Waals surface area contributed by atoms with Gasteiger partial charge in [-0.15, -0.1) is 0 Å². The van der Waals surface area contributed by atoms with Crippen LogP contribution in [0.25, 0.3) is 0 Å². The predicted molar refractivity (Wildman–Crippen MR) is 112 cm³/mol. The number of rotatable bonds is 4. The monoisotopic (exact) mass is 373 g/mol. The number of piperazine rings is 1. The molecule has 1 fully saturated rings. The number of carbonyl (C=O) groups is 1. The van der Waals surface area contributed by atoms with E-state index in [9.17, 15) is 4.79 Å². The maximum absolute atomic E-state index is 12.5. The van der Waals surface area contributed by atoms with E-state index in [0.717, 1.165) is 37.4 Å². The van der Waals surface area contributed by atoms with Gasteiger partial charge in [0.05, 0.1) is 0 Å². The number of amides is 1. The van der Waals surface area contributed by atoms with Crippen molar-refractivity contribution < 1.29 is 4.79 Å². The van der Waals surface area contributed by atoms with Gasteiger partial charge in [0.2, 0.25) is 5.95 Å². The Morgan fingerprint density at radius 2 is 1.57 bits per heavy atom. The van der Waals surface area contributed by atoms with Crippen molar-refractivity contribution in [2.24, 2.45) is 0 Å². The Kier molecular flexibility index (Phi) is 5.19. The molecule has 0 bridgehead atoms. The zero-order valence-corrected chi connectivity index (χ0v) is 15.9. The Balaban J connectivity index is 1.41. The summed E-state index contributed by atoms with van der Waals surface area (Å²) < 4.78 is 0. The third-order valence-electron chi connectivity index (χ3n) is 4.87. The molecule has 0 radical (unpaired) electrons. The number of hydrogen-bond acceptors (Lipinski definition) is 5. The second-order valence-corrected chi connectivity index (χ2v) is 6.87. The summed E-state index contributed by atoms with van der Waals surface area (Å²) in [6.07, 6.45) is 1.65. The van der Waals surface area contributed by atoms with Crippen LogP contribution in [0.5, 0.6) is 0 Å². The van der Waals surface area contributed by atoms with Crippen molar-refractivity contribution in [1.82, 2.24) is 9.97 Å². The van der Waals surface area contributed by atoms with Crippen molar-refractivity contribution in [3.63, 3.8) is 0 Å². The maximum Gasteiger partial charge on any atom is 0.274 e. The maximum atomic E-state index is 12.5. The standard InChI is InChI=1S/C22H23N5O/c1-17-7-9-18(10-8-17)24-21(28)20-11-12-23-22(25-20)27-15-13-26(14-16-27)19-5-3-2-4-6-19/h2-12H,13-16H2,1H3,(H,24,28). The highest BCUT2D eigenvalue weighted by Gasteiger charge is 2.20. The van der Waals surface area contributed by atoms with Crippen LogP contribution in [0.15, 0.2) is 66.9 Å². The van der Waals surface area contributed by atoms with E-state index in [-0.39, 0.29) is 5.91 Å². The molecular formula is C22H23N5O. The Morgan fingerprint density at radius 1 is 0.893 bits per heavy atom. The minimum absolute atomic E-state index is 0.226. The number of carbonyl (C=O) groups excluding carboxylic acids is 1. The summed E-state index contributed by atoms with van der Waals surface area (Å²) in [6.45, 7) is 5.44. The first-order valence-corrected chi connectivity index (χ1v) is 9.45. The minimum Gasteiger partial charge on any atom is -0.368 e. The normalized spacial score (nSPS) is 14.0. The highest BCUT2D eigenvalue weighted by atomic mass is 16.1. The van der Waals surface area contributed by atoms with Gasteiger partial charge in [-0.3, -0.25) is 4.79 Å². The third kappa shape index (κ3) is 4.11. The van der Waals surface area contributed by atoms with Crippen LogP contribution in [-0.2, 0) is 0 Å². The summed E-state index contributed by atoms with van der Waals surface area (Å²) in [6, 6.07) is 19.7. The summed E-state index contributed by atoms with van der Waals surface area (Å²) in [5.41, 5.74) is 3.51. The quantitative estimate of drug-likeness (QED) is 0.760. The molecule has 0 atom stereocenters. The van der Waals surface area contributed by atoms with Gasteiger partial charge in [-0.1, -0.05) is 35.9 Å². The second kappa shape index (κ2) is 8.08. The van der Waals surface area contributed by atoms with Crippen LogP contribution in [0.1, 0.15) is 16.1 Å². The Morgan fingerprint density at radius 3 is 2.29 bits per heavy atom. The molecular weight excluding hydrogens is 350 g/mol. The molecule has 0 spiro atoms. The van der Waals surface area contributed by atoms with Crippen molar-refractivity contribution in [2.45, 2.75) is 6.92 Å². The van der Waals surface area contributed by atoms with E-state index < -0.39 is 0 Å². The summed E-state index contributed by atoms with van der Waals surface area (Å²) in [7, 11) is 0. The lowest BCUT2D eigenvalue weighted by Gasteiger charge is -2.36. The molecule has 4 rings (SSSR count). The van der Waals surface area contributed by atoms with Crippen molar-refractivity contribution in [3.05, 3.63) is 78.1 Å². The van der Waals surface area contributed by atoms with Gasteiger partial charge in [-0.05, 0) is 37.3 Å². The van der Waals surface area contributed by atoms with Crippen molar-refractivity contribution in [2.75, 3.05) is 41.3 Å². The Labute approximate surface area is 164 Å². The molecule has 28 heavy (non-hydrogen) atoms. The molecule has 1 aliphatic heterocycles.